The monoisotopic (exact) mass is 213 g/mol. The van der Waals surface area contributed by atoms with Crippen LogP contribution >= 0.6 is 0 Å². The molecule has 3 aromatic heterocycles. The molecule has 5 heteroatoms. The third-order valence-corrected chi connectivity index (χ3v) is 2.53. The third kappa shape index (κ3) is 1.29. The first-order valence-corrected chi connectivity index (χ1v) is 5.21. The Labute approximate surface area is 92.2 Å². The van der Waals surface area contributed by atoms with Crippen molar-refractivity contribution in [3.05, 3.63) is 36.7 Å². The Morgan fingerprint density at radius 2 is 2.31 bits per heavy atom. The minimum atomic E-state index is 0.807. The summed E-state index contributed by atoms with van der Waals surface area (Å²) in [7, 11) is 0. The highest BCUT2D eigenvalue weighted by Crippen LogP contribution is 2.12. The molecule has 0 atom stereocenters. The molecule has 0 spiro atoms. The van der Waals surface area contributed by atoms with Gasteiger partial charge < -0.3 is 4.98 Å². The molecule has 1 N–H and O–H groups in total. The van der Waals surface area contributed by atoms with Gasteiger partial charge in [0, 0.05) is 25.0 Å². The fraction of sp³-hybridized carbons (Fsp3) is 0.182. The molecule has 0 saturated heterocycles. The predicted molar refractivity (Wildman–Crippen MR) is 60.4 cm³/mol. The molecule has 16 heavy (non-hydrogen) atoms. The van der Waals surface area contributed by atoms with Crippen LogP contribution in [0.25, 0.3) is 17.0 Å². The van der Waals surface area contributed by atoms with Crippen molar-refractivity contribution in [3.8, 4) is 5.82 Å². The van der Waals surface area contributed by atoms with Gasteiger partial charge in [-0.3, -0.25) is 4.57 Å². The lowest BCUT2D eigenvalue weighted by Crippen LogP contribution is -2.02. The maximum atomic E-state index is 4.52. The van der Waals surface area contributed by atoms with Crippen LogP contribution in [0, 0.1) is 0 Å². The van der Waals surface area contributed by atoms with Gasteiger partial charge in [0.1, 0.15) is 11.3 Å². The van der Waals surface area contributed by atoms with Gasteiger partial charge in [0.05, 0.1) is 6.20 Å². The number of rotatable bonds is 2. The van der Waals surface area contributed by atoms with Crippen molar-refractivity contribution in [2.45, 2.75) is 13.3 Å². The van der Waals surface area contributed by atoms with E-state index < -0.39 is 0 Å². The Morgan fingerprint density at radius 3 is 3.19 bits per heavy atom. The lowest BCUT2D eigenvalue weighted by molar-refractivity contribution is 0.867. The standard InChI is InChI=1S/C11H11N5/c1-2-9-12-5-6-16(9)10-7-14-11-8(15-10)3-4-13-11/h3-7H,2H2,1H3,(H,13,14). The van der Waals surface area contributed by atoms with Gasteiger partial charge in [0.25, 0.3) is 0 Å². The van der Waals surface area contributed by atoms with Gasteiger partial charge in [0.15, 0.2) is 11.5 Å². The Kier molecular flexibility index (Phi) is 1.96. The number of nitrogens with one attached hydrogen (secondary N) is 1. The predicted octanol–water partition coefficient (Wildman–Crippen LogP) is 1.71. The van der Waals surface area contributed by atoms with Crippen LogP contribution in [-0.4, -0.2) is 24.5 Å². The molecule has 0 aliphatic rings. The van der Waals surface area contributed by atoms with Crippen molar-refractivity contribution >= 4 is 11.2 Å². The van der Waals surface area contributed by atoms with Crippen LogP contribution < -0.4 is 0 Å². The Bertz CT molecular complexity index is 622. The average Bonchev–Trinajstić information content (AvgIpc) is 2.96. The largest absolute Gasteiger partial charge is 0.345 e. The molecule has 0 unspecified atom stereocenters. The van der Waals surface area contributed by atoms with Crippen molar-refractivity contribution < 1.29 is 0 Å². The summed E-state index contributed by atoms with van der Waals surface area (Å²) in [4.78, 5) is 16.1. The van der Waals surface area contributed by atoms with E-state index in [0.717, 1.165) is 29.2 Å². The summed E-state index contributed by atoms with van der Waals surface area (Å²) in [6.07, 6.45) is 8.14. The van der Waals surface area contributed by atoms with E-state index in [1.165, 1.54) is 0 Å². The van der Waals surface area contributed by atoms with Crippen LogP contribution in [0.3, 0.4) is 0 Å². The summed E-state index contributed by atoms with van der Waals surface area (Å²) < 4.78 is 1.96. The summed E-state index contributed by atoms with van der Waals surface area (Å²) in [6, 6.07) is 1.91. The smallest absolute Gasteiger partial charge is 0.157 e. The topological polar surface area (TPSA) is 59.4 Å². The number of hydrogen-bond donors (Lipinski definition) is 1. The van der Waals surface area contributed by atoms with Gasteiger partial charge in [-0.1, -0.05) is 6.92 Å². The van der Waals surface area contributed by atoms with E-state index >= 15 is 0 Å². The summed E-state index contributed by atoms with van der Waals surface area (Å²) in [6.45, 7) is 2.07. The van der Waals surface area contributed by atoms with E-state index in [0.29, 0.717) is 0 Å². The number of imidazole rings is 1. The lowest BCUT2D eigenvalue weighted by atomic mass is 10.4. The normalized spacial score (nSPS) is 11.1. The number of aromatic amines is 1. The van der Waals surface area contributed by atoms with Crippen LogP contribution in [-0.2, 0) is 6.42 Å². The molecular formula is C11H11N5. The molecule has 0 radical (unpaired) electrons. The average molecular weight is 213 g/mol. The Morgan fingerprint density at radius 1 is 1.38 bits per heavy atom. The zero-order valence-electron chi connectivity index (χ0n) is 8.88. The summed E-state index contributed by atoms with van der Waals surface area (Å²) in [5.41, 5.74) is 1.68. The lowest BCUT2D eigenvalue weighted by Gasteiger charge is -2.04. The highest BCUT2D eigenvalue weighted by atomic mass is 15.1. The number of aryl methyl sites for hydroxylation is 1. The second kappa shape index (κ2) is 3.44. The van der Waals surface area contributed by atoms with Gasteiger partial charge >= 0.3 is 0 Å². The SMILES string of the molecule is CCc1nccn1-c1cnc2[nH]ccc2n1. The molecular weight excluding hydrogens is 202 g/mol. The number of hydrogen-bond acceptors (Lipinski definition) is 3. The summed E-state index contributed by atoms with van der Waals surface area (Å²) in [5.74, 6) is 1.80. The fourth-order valence-electron chi connectivity index (χ4n) is 1.74. The summed E-state index contributed by atoms with van der Waals surface area (Å²) in [5, 5.41) is 0. The molecule has 3 aromatic rings. The molecule has 0 aliphatic carbocycles. The van der Waals surface area contributed by atoms with E-state index in [2.05, 4.69) is 26.9 Å². The van der Waals surface area contributed by atoms with Gasteiger partial charge in [-0.15, -0.1) is 0 Å². The Balaban J connectivity index is 2.18. The zero-order valence-corrected chi connectivity index (χ0v) is 8.88. The van der Waals surface area contributed by atoms with E-state index in [-0.39, 0.29) is 0 Å². The molecule has 80 valence electrons. The van der Waals surface area contributed by atoms with Gasteiger partial charge in [-0.25, -0.2) is 15.0 Å². The number of H-pyrrole nitrogens is 1. The van der Waals surface area contributed by atoms with E-state index in [9.17, 15) is 0 Å². The van der Waals surface area contributed by atoms with Crippen molar-refractivity contribution in [1.82, 2.24) is 24.5 Å². The molecule has 3 heterocycles. The van der Waals surface area contributed by atoms with Crippen molar-refractivity contribution in [2.75, 3.05) is 0 Å². The van der Waals surface area contributed by atoms with E-state index in [1.807, 2.05) is 23.0 Å². The van der Waals surface area contributed by atoms with Crippen molar-refractivity contribution in [3.63, 3.8) is 0 Å². The molecule has 0 bridgehead atoms. The summed E-state index contributed by atoms with van der Waals surface area (Å²) >= 11 is 0. The molecule has 3 rings (SSSR count). The fourth-order valence-corrected chi connectivity index (χ4v) is 1.74. The highest BCUT2D eigenvalue weighted by molar-refractivity contribution is 5.70. The molecule has 0 aliphatic heterocycles. The second-order valence-electron chi connectivity index (χ2n) is 3.51. The van der Waals surface area contributed by atoms with Crippen LogP contribution in [0.2, 0.25) is 0 Å². The van der Waals surface area contributed by atoms with E-state index in [1.54, 1.807) is 12.4 Å². The molecule has 5 nitrogen and oxygen atoms in total. The number of nitrogens with zero attached hydrogens (tertiary/aromatic N) is 4. The first-order valence-electron chi connectivity index (χ1n) is 5.21. The van der Waals surface area contributed by atoms with Crippen LogP contribution in [0.15, 0.2) is 30.9 Å². The third-order valence-electron chi connectivity index (χ3n) is 2.53. The van der Waals surface area contributed by atoms with Gasteiger partial charge in [-0.05, 0) is 6.07 Å². The number of aromatic nitrogens is 5. The number of fused-ring (bicyclic) bond motifs is 1. The molecule has 0 fully saturated rings. The maximum absolute atomic E-state index is 4.52. The van der Waals surface area contributed by atoms with Crippen LogP contribution in [0.1, 0.15) is 12.7 Å². The van der Waals surface area contributed by atoms with Gasteiger partial charge in [0.2, 0.25) is 0 Å². The molecule has 0 amide bonds. The molecule has 0 saturated carbocycles. The highest BCUT2D eigenvalue weighted by Gasteiger charge is 2.06. The quantitative estimate of drug-likeness (QED) is 0.705. The first kappa shape index (κ1) is 9.08. The molecule has 0 aromatic carbocycles. The maximum Gasteiger partial charge on any atom is 0.157 e. The Hall–Kier alpha value is -2.17. The van der Waals surface area contributed by atoms with Crippen LogP contribution in [0.5, 0.6) is 0 Å². The zero-order chi connectivity index (χ0) is 11.0. The van der Waals surface area contributed by atoms with Crippen molar-refractivity contribution in [2.24, 2.45) is 0 Å². The van der Waals surface area contributed by atoms with Gasteiger partial charge in [-0.2, -0.15) is 0 Å². The minimum absolute atomic E-state index is 0.807. The minimum Gasteiger partial charge on any atom is -0.345 e. The van der Waals surface area contributed by atoms with E-state index in [4.69, 9.17) is 0 Å². The van der Waals surface area contributed by atoms with Crippen LogP contribution in [0.4, 0.5) is 0 Å². The van der Waals surface area contributed by atoms with Crippen molar-refractivity contribution in [1.29, 1.82) is 0 Å². The first-order chi connectivity index (χ1) is 7.88. The second-order valence-corrected chi connectivity index (χ2v) is 3.51.